The summed E-state index contributed by atoms with van der Waals surface area (Å²) in [5, 5.41) is 11.1. The fourth-order valence-corrected chi connectivity index (χ4v) is 4.78. The highest BCUT2D eigenvalue weighted by molar-refractivity contribution is 6.05. The summed E-state index contributed by atoms with van der Waals surface area (Å²) < 4.78 is 0. The molecule has 1 fully saturated rings. The Bertz CT molecular complexity index is 1660. The van der Waals surface area contributed by atoms with Crippen LogP contribution in [-0.4, -0.2) is 64.9 Å². The maximum absolute atomic E-state index is 13.1. The van der Waals surface area contributed by atoms with Crippen molar-refractivity contribution >= 4 is 39.7 Å². The predicted octanol–water partition coefficient (Wildman–Crippen LogP) is 4.18. The number of carbonyl (C=O) groups is 2. The van der Waals surface area contributed by atoms with Gasteiger partial charge in [0, 0.05) is 49.2 Å². The number of nitrogens with one attached hydrogen (secondary N) is 3. The molecule has 11 nitrogen and oxygen atoms in total. The number of rotatable bonds is 6. The number of aromatic amines is 2. The Morgan fingerprint density at radius 2 is 1.87 bits per heavy atom. The number of anilines is 1. The van der Waals surface area contributed by atoms with Crippen LogP contribution in [0, 0.1) is 5.92 Å². The fraction of sp³-hybridized carbons (Fsp3) is 0.296. The van der Waals surface area contributed by atoms with E-state index in [9.17, 15) is 9.59 Å². The molecule has 6 heterocycles. The summed E-state index contributed by atoms with van der Waals surface area (Å²) >= 11 is 0. The van der Waals surface area contributed by atoms with Crippen LogP contribution in [0.2, 0.25) is 0 Å². The van der Waals surface area contributed by atoms with E-state index in [1.165, 1.54) is 0 Å². The average molecular weight is 510 g/mol. The first-order chi connectivity index (χ1) is 18.5. The van der Waals surface area contributed by atoms with Crippen LogP contribution >= 0.6 is 0 Å². The van der Waals surface area contributed by atoms with Gasteiger partial charge < -0.3 is 15.2 Å². The van der Waals surface area contributed by atoms with Crippen molar-refractivity contribution in [1.29, 1.82) is 0 Å². The third-order valence-electron chi connectivity index (χ3n) is 6.60. The molecule has 0 atom stereocenters. The molecule has 0 unspecified atom stereocenters. The normalized spacial score (nSPS) is 13.6. The number of hydrogen-bond donors (Lipinski definition) is 3. The molecule has 5 aromatic heterocycles. The molecule has 0 spiro atoms. The third kappa shape index (κ3) is 4.47. The van der Waals surface area contributed by atoms with Gasteiger partial charge in [0.15, 0.2) is 17.1 Å². The van der Waals surface area contributed by atoms with Crippen molar-refractivity contribution in [3.8, 4) is 22.6 Å². The number of fused-ring (bicyclic) bond motifs is 2. The van der Waals surface area contributed by atoms with Gasteiger partial charge in [-0.15, -0.1) is 0 Å². The summed E-state index contributed by atoms with van der Waals surface area (Å²) in [7, 11) is 0. The Morgan fingerprint density at radius 3 is 2.68 bits per heavy atom. The van der Waals surface area contributed by atoms with E-state index in [1.807, 2.05) is 30.9 Å². The van der Waals surface area contributed by atoms with Crippen LogP contribution in [0.4, 0.5) is 5.69 Å². The summed E-state index contributed by atoms with van der Waals surface area (Å²) in [6.45, 7) is 5.52. The van der Waals surface area contributed by atoms with Crippen LogP contribution in [0.5, 0.6) is 0 Å². The maximum Gasteiger partial charge on any atom is 0.256 e. The molecule has 3 N–H and O–H groups in total. The van der Waals surface area contributed by atoms with Crippen molar-refractivity contribution in [2.45, 2.75) is 33.1 Å². The van der Waals surface area contributed by atoms with E-state index >= 15 is 0 Å². The van der Waals surface area contributed by atoms with Gasteiger partial charge in [-0.05, 0) is 37.0 Å². The Hall–Kier alpha value is -4.67. The second kappa shape index (κ2) is 9.66. The number of nitrogens with zero attached hydrogens (tertiary/aromatic N) is 6. The highest BCUT2D eigenvalue weighted by atomic mass is 16.2. The van der Waals surface area contributed by atoms with Crippen LogP contribution in [0.25, 0.3) is 44.8 Å². The number of likely N-dealkylation sites (tertiary alicyclic amines) is 1. The molecule has 6 rings (SSSR count). The standard InChI is InChI=1S/C27H27N9O2/c1-15(2)9-21(37)31-18-10-16(12-28-14-18)17-11-20-23(34-35-24(20)30-13-17)26-32-22-19(5-6-29-25(22)33-26)27(38)36-7-3-4-8-36/h5-6,10-15H,3-4,7-9H2,1-2H3,(H,31,37)(H,29,32,33)(H,30,34,35). The molecule has 0 bridgehead atoms. The second-order valence-electron chi connectivity index (χ2n) is 9.94. The number of imidazole rings is 1. The summed E-state index contributed by atoms with van der Waals surface area (Å²) in [6.07, 6.45) is 9.17. The lowest BCUT2D eigenvalue weighted by Crippen LogP contribution is -2.27. The van der Waals surface area contributed by atoms with Crippen LogP contribution in [-0.2, 0) is 4.79 Å². The topological polar surface area (TPSA) is 145 Å². The molecule has 1 saturated heterocycles. The zero-order chi connectivity index (χ0) is 26.2. The van der Waals surface area contributed by atoms with Gasteiger partial charge in [-0.3, -0.25) is 19.7 Å². The van der Waals surface area contributed by atoms with Crippen molar-refractivity contribution in [1.82, 2.24) is 40.0 Å². The fourth-order valence-electron chi connectivity index (χ4n) is 4.78. The van der Waals surface area contributed by atoms with E-state index in [2.05, 4.69) is 35.5 Å². The summed E-state index contributed by atoms with van der Waals surface area (Å²) in [5.74, 6) is 0.676. The van der Waals surface area contributed by atoms with E-state index in [0.717, 1.165) is 42.4 Å². The molecular formula is C27H27N9O2. The number of hydrogen-bond acceptors (Lipinski definition) is 7. The van der Waals surface area contributed by atoms with Gasteiger partial charge in [0.25, 0.3) is 5.91 Å². The SMILES string of the molecule is CC(C)CC(=O)Nc1cncc(-c2cnc3[nH]nc(-c4nc5c(C(=O)N6CCCC6)ccnc5[nH]4)c3c2)c1. The Labute approximate surface area is 218 Å². The molecule has 5 aromatic rings. The van der Waals surface area contributed by atoms with Gasteiger partial charge >= 0.3 is 0 Å². The van der Waals surface area contributed by atoms with Crippen LogP contribution in [0.1, 0.15) is 43.5 Å². The smallest absolute Gasteiger partial charge is 0.256 e. The number of H-pyrrole nitrogens is 2. The molecule has 192 valence electrons. The molecule has 11 heteroatoms. The minimum absolute atomic E-state index is 0.0309. The summed E-state index contributed by atoms with van der Waals surface area (Å²) in [5.41, 5.74) is 4.99. The highest BCUT2D eigenvalue weighted by Gasteiger charge is 2.24. The number of aromatic nitrogens is 7. The van der Waals surface area contributed by atoms with Crippen LogP contribution in [0.3, 0.4) is 0 Å². The van der Waals surface area contributed by atoms with E-state index < -0.39 is 0 Å². The molecule has 1 aliphatic rings. The van der Waals surface area contributed by atoms with Gasteiger partial charge in [-0.1, -0.05) is 13.8 Å². The second-order valence-corrected chi connectivity index (χ2v) is 9.94. The molecule has 38 heavy (non-hydrogen) atoms. The van der Waals surface area contributed by atoms with Crippen molar-refractivity contribution in [2.24, 2.45) is 5.92 Å². The van der Waals surface area contributed by atoms with Gasteiger partial charge in [0.2, 0.25) is 5.91 Å². The highest BCUT2D eigenvalue weighted by Crippen LogP contribution is 2.30. The molecule has 0 aromatic carbocycles. The molecule has 0 saturated carbocycles. The van der Waals surface area contributed by atoms with Crippen molar-refractivity contribution in [3.05, 3.63) is 48.5 Å². The Balaban J connectivity index is 1.35. The van der Waals surface area contributed by atoms with Gasteiger partial charge in [0.05, 0.1) is 22.8 Å². The largest absolute Gasteiger partial charge is 0.339 e. The zero-order valence-corrected chi connectivity index (χ0v) is 21.2. The lowest BCUT2D eigenvalue weighted by atomic mass is 10.1. The number of pyridine rings is 3. The lowest BCUT2D eigenvalue weighted by Gasteiger charge is -2.14. The molecular weight excluding hydrogens is 482 g/mol. The van der Waals surface area contributed by atoms with Crippen molar-refractivity contribution in [3.63, 3.8) is 0 Å². The Morgan fingerprint density at radius 1 is 1.05 bits per heavy atom. The van der Waals surface area contributed by atoms with Gasteiger partial charge in [-0.2, -0.15) is 5.10 Å². The lowest BCUT2D eigenvalue weighted by molar-refractivity contribution is -0.116. The third-order valence-corrected chi connectivity index (χ3v) is 6.60. The van der Waals surface area contributed by atoms with Gasteiger partial charge in [0.1, 0.15) is 11.2 Å². The zero-order valence-electron chi connectivity index (χ0n) is 21.2. The molecule has 2 amide bonds. The number of amides is 2. The van der Waals surface area contributed by atoms with E-state index in [0.29, 0.717) is 46.0 Å². The minimum atomic E-state index is -0.0503. The quantitative estimate of drug-likeness (QED) is 0.311. The first-order valence-corrected chi connectivity index (χ1v) is 12.7. The molecule has 0 radical (unpaired) electrons. The van der Waals surface area contributed by atoms with E-state index in [1.54, 1.807) is 30.9 Å². The molecule has 0 aliphatic carbocycles. The van der Waals surface area contributed by atoms with Gasteiger partial charge in [-0.25, -0.2) is 15.0 Å². The summed E-state index contributed by atoms with van der Waals surface area (Å²) in [4.78, 5) is 48.4. The van der Waals surface area contributed by atoms with Crippen molar-refractivity contribution < 1.29 is 9.59 Å². The predicted molar refractivity (Wildman–Crippen MR) is 143 cm³/mol. The van der Waals surface area contributed by atoms with E-state index in [-0.39, 0.29) is 17.7 Å². The van der Waals surface area contributed by atoms with Crippen molar-refractivity contribution in [2.75, 3.05) is 18.4 Å². The Kier molecular flexibility index (Phi) is 6.02. The van der Waals surface area contributed by atoms with Crippen LogP contribution < -0.4 is 5.32 Å². The maximum atomic E-state index is 13.1. The van der Waals surface area contributed by atoms with E-state index in [4.69, 9.17) is 4.98 Å². The molecule has 1 aliphatic heterocycles. The first kappa shape index (κ1) is 23.7. The summed E-state index contributed by atoms with van der Waals surface area (Å²) in [6, 6.07) is 5.54. The number of carbonyl (C=O) groups excluding carboxylic acids is 2. The minimum Gasteiger partial charge on any atom is -0.339 e. The van der Waals surface area contributed by atoms with Crippen LogP contribution in [0.15, 0.2) is 43.0 Å². The average Bonchev–Trinajstić information content (AvgIpc) is 3.66. The first-order valence-electron chi connectivity index (χ1n) is 12.7. The monoisotopic (exact) mass is 509 g/mol.